The van der Waals surface area contributed by atoms with Crippen LogP contribution in [0.5, 0.6) is 0 Å². The predicted molar refractivity (Wildman–Crippen MR) is 26.7 cm³/mol. The molecule has 0 atom stereocenters. The van der Waals surface area contributed by atoms with Crippen LogP contribution in [0.25, 0.3) is 0 Å². The van der Waals surface area contributed by atoms with Crippen LogP contribution < -0.4 is 0 Å². The molecule has 0 saturated carbocycles. The van der Waals surface area contributed by atoms with Gasteiger partial charge in [-0.15, -0.1) is 0 Å². The van der Waals surface area contributed by atoms with Crippen LogP contribution in [0.2, 0.25) is 12.1 Å². The average Bonchev–Trinajstić information content (AvgIpc) is 1.75. The van der Waals surface area contributed by atoms with Crippen molar-refractivity contribution < 1.29 is 0 Å². The van der Waals surface area contributed by atoms with E-state index >= 15 is 0 Å². The van der Waals surface area contributed by atoms with E-state index in [-0.39, 0.29) is 8.31 Å². The summed E-state index contributed by atoms with van der Waals surface area (Å²) in [6, 6.07) is 3.37. The smallest absolute Gasteiger partial charge is 0.0196 e. The fraction of sp³-hybridized carbons (Fsp3) is 1.00. The van der Waals surface area contributed by atoms with Crippen LogP contribution in [-0.2, 0) is 0 Å². The second-order valence-electron chi connectivity index (χ2n) is 1.68. The van der Waals surface area contributed by atoms with Gasteiger partial charge in [0.15, 0.2) is 0 Å². The molecule has 0 aliphatic carbocycles. The third-order valence-corrected chi connectivity index (χ3v) is 6.06. The fourth-order valence-corrected chi connectivity index (χ4v) is 4.50. The Morgan fingerprint density at radius 3 is 1.75 bits per heavy atom. The second-order valence-corrected chi connectivity index (χ2v) is 9.95. The third kappa shape index (κ3) is 0.424. The monoisotopic (exact) mass is 88.0 g/mol. The standard InChI is InChI=1S/C2H8Si2/c3-4-1-2-4/h4H,1-2H2,3H3. The molecule has 1 saturated heterocycles. The van der Waals surface area contributed by atoms with Crippen molar-refractivity contribution in [2.24, 2.45) is 0 Å². The highest BCUT2D eigenvalue weighted by molar-refractivity contribution is 7.09. The quantitative estimate of drug-likeness (QED) is 0.336. The zero-order chi connectivity index (χ0) is 2.99. The van der Waals surface area contributed by atoms with Gasteiger partial charge >= 0.3 is 0 Å². The van der Waals surface area contributed by atoms with E-state index in [1.807, 2.05) is 0 Å². The largest absolute Gasteiger partial charge is 0.0654 e. The molecule has 0 aromatic heterocycles. The van der Waals surface area contributed by atoms with Crippen molar-refractivity contribution in [2.75, 3.05) is 0 Å². The molecule has 1 aliphatic heterocycles. The van der Waals surface area contributed by atoms with Gasteiger partial charge in [-0.05, 0) is 9.76 Å². The first kappa shape index (κ1) is 2.66. The van der Waals surface area contributed by atoms with Gasteiger partial charge in [0.05, 0.1) is 0 Å². The van der Waals surface area contributed by atoms with Crippen LogP contribution in [0, 0.1) is 0 Å². The summed E-state index contributed by atoms with van der Waals surface area (Å²) < 4.78 is 0. The summed E-state index contributed by atoms with van der Waals surface area (Å²) in [7, 11) is 1.85. The van der Waals surface area contributed by atoms with Gasteiger partial charge in [-0.3, -0.25) is 0 Å². The molecule has 1 heterocycles. The maximum atomic E-state index is 1.69. The van der Waals surface area contributed by atoms with Gasteiger partial charge in [-0.25, -0.2) is 0 Å². The zero-order valence-electron chi connectivity index (χ0n) is 2.99. The SMILES string of the molecule is [SiH3][SiH]1CC1. The maximum Gasteiger partial charge on any atom is 0.0196 e. The second kappa shape index (κ2) is 0.689. The van der Waals surface area contributed by atoms with E-state index in [1.54, 1.807) is 21.8 Å². The van der Waals surface area contributed by atoms with Crippen molar-refractivity contribution >= 4 is 18.1 Å². The van der Waals surface area contributed by atoms with Crippen molar-refractivity contribution in [3.8, 4) is 0 Å². The van der Waals surface area contributed by atoms with Crippen molar-refractivity contribution in [1.29, 1.82) is 0 Å². The van der Waals surface area contributed by atoms with Crippen LogP contribution in [0.15, 0.2) is 0 Å². The van der Waals surface area contributed by atoms with E-state index in [0.29, 0.717) is 0 Å². The molecule has 1 rings (SSSR count). The highest BCUT2D eigenvalue weighted by Gasteiger charge is 2.14. The minimum absolute atomic E-state index is 0.250. The number of hydrogen-bond acceptors (Lipinski definition) is 0. The van der Waals surface area contributed by atoms with Crippen molar-refractivity contribution in [3.05, 3.63) is 0 Å². The number of hydrogen-bond donors (Lipinski definition) is 0. The van der Waals surface area contributed by atoms with Crippen LogP contribution >= 0.6 is 0 Å². The van der Waals surface area contributed by atoms with Gasteiger partial charge in [-0.2, -0.15) is 0 Å². The molecule has 24 valence electrons. The van der Waals surface area contributed by atoms with Gasteiger partial charge in [0.1, 0.15) is 0 Å². The Balaban J connectivity index is 2.17. The molecule has 0 unspecified atom stereocenters. The molecule has 1 fully saturated rings. The van der Waals surface area contributed by atoms with Crippen molar-refractivity contribution in [3.63, 3.8) is 0 Å². The molecule has 1 aliphatic rings. The lowest BCUT2D eigenvalue weighted by Crippen LogP contribution is -1.77. The van der Waals surface area contributed by atoms with Gasteiger partial charge in [0.25, 0.3) is 0 Å². The number of rotatable bonds is 0. The molecule has 4 heavy (non-hydrogen) atoms. The van der Waals surface area contributed by atoms with Gasteiger partial charge in [-0.1, -0.05) is 12.1 Å². The Morgan fingerprint density at radius 2 is 1.75 bits per heavy atom. The Kier molecular flexibility index (Phi) is 0.458. The Bertz CT molecular complexity index is 23.2. The van der Waals surface area contributed by atoms with Crippen molar-refractivity contribution in [2.45, 2.75) is 12.1 Å². The lowest BCUT2D eigenvalue weighted by molar-refractivity contribution is 1.69. The van der Waals surface area contributed by atoms with Gasteiger partial charge in [0.2, 0.25) is 0 Å². The summed E-state index contributed by atoms with van der Waals surface area (Å²) in [5.74, 6) is 0. The van der Waals surface area contributed by atoms with Crippen molar-refractivity contribution in [1.82, 2.24) is 0 Å². The minimum atomic E-state index is 0.250. The maximum absolute atomic E-state index is 1.69. The summed E-state index contributed by atoms with van der Waals surface area (Å²) in [6.07, 6.45) is 0. The van der Waals surface area contributed by atoms with Gasteiger partial charge < -0.3 is 0 Å². The lowest BCUT2D eigenvalue weighted by atomic mass is 11.0. The van der Waals surface area contributed by atoms with Crippen LogP contribution in [-0.4, -0.2) is 18.1 Å². The first-order chi connectivity index (χ1) is 1.89. The molecule has 0 aromatic rings. The molecular weight excluding hydrogens is 80.2 g/mol. The Labute approximate surface area is 31.0 Å². The van der Waals surface area contributed by atoms with E-state index in [0.717, 1.165) is 0 Å². The molecule has 0 bridgehead atoms. The topological polar surface area (TPSA) is 0 Å². The molecule has 0 nitrogen and oxygen atoms in total. The fourth-order valence-electron chi connectivity index (χ4n) is 0.167. The van der Waals surface area contributed by atoms with E-state index in [9.17, 15) is 0 Å². The summed E-state index contributed by atoms with van der Waals surface area (Å²) >= 11 is 0. The minimum Gasteiger partial charge on any atom is -0.0654 e. The normalized spacial score (nSPS) is 27.0. The van der Waals surface area contributed by atoms with Gasteiger partial charge in [0, 0.05) is 8.31 Å². The molecule has 0 radical (unpaired) electrons. The molecule has 0 amide bonds. The average molecular weight is 88.3 g/mol. The highest BCUT2D eigenvalue weighted by Crippen LogP contribution is 2.15. The zero-order valence-corrected chi connectivity index (χ0v) is 6.15. The Hall–Kier alpha value is 0.434. The summed E-state index contributed by atoms with van der Waals surface area (Å²) in [5, 5.41) is 0. The Morgan fingerprint density at radius 1 is 1.50 bits per heavy atom. The first-order valence-electron chi connectivity index (χ1n) is 1.89. The van der Waals surface area contributed by atoms with E-state index in [4.69, 9.17) is 0 Å². The highest BCUT2D eigenvalue weighted by atomic mass is 29.2. The van der Waals surface area contributed by atoms with E-state index in [1.165, 1.54) is 0 Å². The summed E-state index contributed by atoms with van der Waals surface area (Å²) in [4.78, 5) is 0. The van der Waals surface area contributed by atoms with Crippen LogP contribution in [0.4, 0.5) is 0 Å². The third-order valence-electron chi connectivity index (χ3n) is 0.866. The lowest BCUT2D eigenvalue weighted by Gasteiger charge is -1.48. The molecule has 0 aromatic carbocycles. The molecule has 0 spiro atoms. The molecule has 0 N–H and O–H groups in total. The predicted octanol–water partition coefficient (Wildman–Crippen LogP) is -0.911. The summed E-state index contributed by atoms with van der Waals surface area (Å²) in [6.45, 7) is 0. The molecular formula is C2H8Si2. The molecule has 2 heteroatoms. The van der Waals surface area contributed by atoms with Crippen LogP contribution in [0.1, 0.15) is 0 Å². The van der Waals surface area contributed by atoms with Crippen LogP contribution in [0.3, 0.4) is 0 Å². The summed E-state index contributed by atoms with van der Waals surface area (Å²) in [5.41, 5.74) is 0. The van der Waals surface area contributed by atoms with E-state index in [2.05, 4.69) is 0 Å². The van der Waals surface area contributed by atoms with E-state index < -0.39 is 0 Å². The first-order valence-corrected chi connectivity index (χ1v) is 8.15.